The molecule has 5 heteroatoms. The number of benzene rings is 2. The van der Waals surface area contributed by atoms with E-state index in [1.807, 2.05) is 41.3 Å². The monoisotopic (exact) mass is 398 g/mol. The normalized spacial score (nSPS) is 22.4. The summed E-state index contributed by atoms with van der Waals surface area (Å²) in [6.07, 6.45) is 6.26. The Bertz CT molecular complexity index is 1120. The molecule has 5 nitrogen and oxygen atoms in total. The van der Waals surface area contributed by atoms with Gasteiger partial charge in [-0.3, -0.25) is 4.90 Å². The molecule has 3 aliphatic heterocycles. The highest BCUT2D eigenvalue weighted by atomic mass is 16.2. The highest BCUT2D eigenvalue weighted by molar-refractivity contribution is 6.04. The molecule has 3 fully saturated rings. The molecule has 7 rings (SSSR count). The standard InChI is InChI=1S/C25H26N4O/c30-25(28-14-13-18-3-1-2-4-23(18)28)26-20-8-11-22-19(15-20)7-12-24(27-22)29-16-17-5-9-21(29)10-6-17/h1-4,7-8,11-12,15,17,21H,5-6,9-10,13-14,16H2,(H,26,30). The summed E-state index contributed by atoms with van der Waals surface area (Å²) >= 11 is 0. The number of hydrogen-bond donors (Lipinski definition) is 1. The van der Waals surface area contributed by atoms with Crippen molar-refractivity contribution < 1.29 is 4.79 Å². The fraction of sp³-hybridized carbons (Fsp3) is 0.360. The molecule has 0 atom stereocenters. The topological polar surface area (TPSA) is 48.5 Å². The number of hydrogen-bond acceptors (Lipinski definition) is 3. The molecule has 0 unspecified atom stereocenters. The van der Waals surface area contributed by atoms with Gasteiger partial charge in [-0.25, -0.2) is 9.78 Å². The van der Waals surface area contributed by atoms with Crippen LogP contribution in [0.2, 0.25) is 0 Å². The molecule has 30 heavy (non-hydrogen) atoms. The predicted molar refractivity (Wildman–Crippen MR) is 121 cm³/mol. The van der Waals surface area contributed by atoms with Crippen LogP contribution in [0.4, 0.5) is 22.0 Å². The van der Waals surface area contributed by atoms with E-state index in [1.54, 1.807) is 0 Å². The van der Waals surface area contributed by atoms with E-state index >= 15 is 0 Å². The van der Waals surface area contributed by atoms with Crippen molar-refractivity contribution in [1.29, 1.82) is 0 Å². The number of nitrogens with one attached hydrogen (secondary N) is 1. The van der Waals surface area contributed by atoms with Gasteiger partial charge in [-0.2, -0.15) is 0 Å². The molecule has 1 aromatic heterocycles. The van der Waals surface area contributed by atoms with E-state index in [2.05, 4.69) is 28.4 Å². The fourth-order valence-corrected chi connectivity index (χ4v) is 5.44. The van der Waals surface area contributed by atoms with Crippen LogP contribution in [-0.4, -0.2) is 30.1 Å². The van der Waals surface area contributed by atoms with Crippen molar-refractivity contribution in [1.82, 2.24) is 4.98 Å². The fourth-order valence-electron chi connectivity index (χ4n) is 5.44. The van der Waals surface area contributed by atoms with Crippen LogP contribution in [0.1, 0.15) is 31.2 Å². The van der Waals surface area contributed by atoms with Crippen molar-refractivity contribution in [3.05, 3.63) is 60.2 Å². The number of urea groups is 1. The summed E-state index contributed by atoms with van der Waals surface area (Å²) in [6.45, 7) is 1.87. The largest absolute Gasteiger partial charge is 0.353 e. The summed E-state index contributed by atoms with van der Waals surface area (Å²) in [4.78, 5) is 22.1. The maximum absolute atomic E-state index is 12.8. The Morgan fingerprint density at radius 3 is 2.70 bits per heavy atom. The SMILES string of the molecule is O=C(Nc1ccc2nc(N3CC4CCC3CC4)ccc2c1)N1CCc2ccccc21. The zero-order valence-corrected chi connectivity index (χ0v) is 17.1. The summed E-state index contributed by atoms with van der Waals surface area (Å²) in [5.74, 6) is 1.93. The van der Waals surface area contributed by atoms with Crippen molar-refractivity contribution in [2.75, 3.05) is 28.2 Å². The van der Waals surface area contributed by atoms with Crippen LogP contribution in [0, 0.1) is 5.92 Å². The van der Waals surface area contributed by atoms with E-state index in [0.717, 1.165) is 53.5 Å². The van der Waals surface area contributed by atoms with Gasteiger partial charge in [-0.15, -0.1) is 0 Å². The van der Waals surface area contributed by atoms with Gasteiger partial charge in [0.05, 0.1) is 5.52 Å². The molecule has 1 saturated carbocycles. The zero-order chi connectivity index (χ0) is 20.1. The van der Waals surface area contributed by atoms with Gasteiger partial charge in [0.15, 0.2) is 0 Å². The Balaban J connectivity index is 1.22. The van der Waals surface area contributed by atoms with Crippen LogP contribution in [0.25, 0.3) is 10.9 Å². The summed E-state index contributed by atoms with van der Waals surface area (Å²) in [5, 5.41) is 4.12. The highest BCUT2D eigenvalue weighted by Gasteiger charge is 2.34. The van der Waals surface area contributed by atoms with E-state index in [-0.39, 0.29) is 6.03 Å². The molecule has 2 saturated heterocycles. The predicted octanol–water partition coefficient (Wildman–Crippen LogP) is 5.21. The number of nitrogens with zero attached hydrogens (tertiary/aromatic N) is 3. The van der Waals surface area contributed by atoms with Gasteiger partial charge in [-0.05, 0) is 80.0 Å². The number of piperidine rings is 2. The van der Waals surface area contributed by atoms with Gasteiger partial charge in [-0.1, -0.05) is 18.2 Å². The molecule has 0 radical (unpaired) electrons. The number of para-hydroxylation sites is 1. The zero-order valence-electron chi connectivity index (χ0n) is 17.1. The molecule has 1 aliphatic carbocycles. The second-order valence-electron chi connectivity index (χ2n) is 8.86. The van der Waals surface area contributed by atoms with Crippen LogP contribution >= 0.6 is 0 Å². The second kappa shape index (κ2) is 7.01. The molecule has 2 amide bonds. The molecule has 1 N–H and O–H groups in total. The number of carbonyl (C=O) groups excluding carboxylic acids is 1. The van der Waals surface area contributed by atoms with Crippen molar-refractivity contribution >= 4 is 34.1 Å². The number of rotatable bonds is 2. The molecule has 3 aromatic rings. The van der Waals surface area contributed by atoms with E-state index in [0.29, 0.717) is 6.04 Å². The quantitative estimate of drug-likeness (QED) is 0.645. The smallest absolute Gasteiger partial charge is 0.326 e. The first-order valence-electron chi connectivity index (χ1n) is 11.1. The van der Waals surface area contributed by atoms with Crippen LogP contribution in [-0.2, 0) is 6.42 Å². The van der Waals surface area contributed by atoms with Gasteiger partial charge >= 0.3 is 6.03 Å². The number of anilines is 3. The molecule has 4 aliphatic rings. The van der Waals surface area contributed by atoms with E-state index in [9.17, 15) is 4.79 Å². The Kier molecular flexibility index (Phi) is 4.15. The first kappa shape index (κ1) is 17.8. The van der Waals surface area contributed by atoms with Crippen LogP contribution in [0.5, 0.6) is 0 Å². The molecule has 152 valence electrons. The first-order valence-corrected chi connectivity index (χ1v) is 11.1. The number of amides is 2. The van der Waals surface area contributed by atoms with E-state index in [4.69, 9.17) is 4.98 Å². The molecule has 4 heterocycles. The van der Waals surface area contributed by atoms with Crippen molar-refractivity contribution in [2.45, 2.75) is 38.1 Å². The van der Waals surface area contributed by atoms with Crippen LogP contribution in [0.3, 0.4) is 0 Å². The first-order chi connectivity index (χ1) is 14.7. The maximum Gasteiger partial charge on any atom is 0.326 e. The maximum atomic E-state index is 12.8. The number of carbonyl (C=O) groups is 1. The number of pyridine rings is 1. The Hall–Kier alpha value is -3.08. The number of aromatic nitrogens is 1. The lowest BCUT2D eigenvalue weighted by molar-refractivity contribution is 0.251. The van der Waals surface area contributed by atoms with Gasteiger partial charge in [0.1, 0.15) is 5.82 Å². The van der Waals surface area contributed by atoms with Crippen LogP contribution in [0.15, 0.2) is 54.6 Å². The van der Waals surface area contributed by atoms with Gasteiger partial charge < -0.3 is 10.2 Å². The highest BCUT2D eigenvalue weighted by Crippen LogP contribution is 2.37. The molecule has 2 aromatic carbocycles. The van der Waals surface area contributed by atoms with Gasteiger partial charge in [0, 0.05) is 35.9 Å². The Labute approximate surface area is 176 Å². The average Bonchev–Trinajstić information content (AvgIpc) is 3.24. The third kappa shape index (κ3) is 3.00. The van der Waals surface area contributed by atoms with Gasteiger partial charge in [0.25, 0.3) is 0 Å². The van der Waals surface area contributed by atoms with Gasteiger partial charge in [0.2, 0.25) is 0 Å². The molecular weight excluding hydrogens is 372 g/mol. The summed E-state index contributed by atoms with van der Waals surface area (Å²) < 4.78 is 0. The second-order valence-corrected chi connectivity index (χ2v) is 8.86. The third-order valence-corrected chi connectivity index (χ3v) is 7.06. The van der Waals surface area contributed by atoms with Crippen LogP contribution < -0.4 is 15.1 Å². The number of fused-ring (bicyclic) bond motifs is 5. The van der Waals surface area contributed by atoms with Crippen molar-refractivity contribution in [3.8, 4) is 0 Å². The summed E-state index contributed by atoms with van der Waals surface area (Å²) in [5.41, 5.74) is 4.04. The van der Waals surface area contributed by atoms with Crippen molar-refractivity contribution in [3.63, 3.8) is 0 Å². The minimum absolute atomic E-state index is 0.0757. The van der Waals surface area contributed by atoms with E-state index < -0.39 is 0 Å². The lowest BCUT2D eigenvalue weighted by atomic mass is 9.80. The molecular formula is C25H26N4O. The minimum Gasteiger partial charge on any atom is -0.353 e. The Morgan fingerprint density at radius 1 is 1.00 bits per heavy atom. The minimum atomic E-state index is -0.0757. The summed E-state index contributed by atoms with van der Waals surface area (Å²) in [7, 11) is 0. The molecule has 0 spiro atoms. The Morgan fingerprint density at radius 2 is 1.87 bits per heavy atom. The average molecular weight is 399 g/mol. The lowest BCUT2D eigenvalue weighted by Gasteiger charge is -2.46. The van der Waals surface area contributed by atoms with Crippen molar-refractivity contribution in [2.24, 2.45) is 5.92 Å². The third-order valence-electron chi connectivity index (χ3n) is 7.06. The molecule has 2 bridgehead atoms. The summed E-state index contributed by atoms with van der Waals surface area (Å²) in [6, 6.07) is 19.0. The van der Waals surface area contributed by atoms with E-state index in [1.165, 1.54) is 31.2 Å². The lowest BCUT2D eigenvalue weighted by Crippen LogP contribution is -2.48.